The van der Waals surface area contributed by atoms with Crippen molar-refractivity contribution >= 4 is 0 Å². The highest BCUT2D eigenvalue weighted by Crippen LogP contribution is 2.21. The van der Waals surface area contributed by atoms with Crippen LogP contribution in [0.25, 0.3) is 0 Å². The quantitative estimate of drug-likeness (QED) is 0.770. The minimum atomic E-state index is 0.100. The molecule has 96 valence electrons. The number of unbranched alkanes of at least 4 members (excludes halogenated alkanes) is 1. The predicted octanol–water partition coefficient (Wildman–Crippen LogP) is 2.31. The smallest absolute Gasteiger partial charge is 0.250 e. The number of aromatic nitrogens is 1. The Morgan fingerprint density at radius 2 is 2.00 bits per heavy atom. The molecule has 3 heteroatoms. The lowest BCUT2D eigenvalue weighted by atomic mass is 9.87. The highest BCUT2D eigenvalue weighted by Gasteiger charge is 2.14. The third-order valence-corrected chi connectivity index (χ3v) is 3.31. The molecule has 0 spiro atoms. The first-order chi connectivity index (χ1) is 7.96. The van der Waals surface area contributed by atoms with Crippen LogP contribution in [0.1, 0.15) is 38.8 Å². The van der Waals surface area contributed by atoms with Crippen molar-refractivity contribution in [2.24, 2.45) is 11.1 Å². The van der Waals surface area contributed by atoms with Gasteiger partial charge in [0.2, 0.25) is 0 Å². The van der Waals surface area contributed by atoms with Crippen LogP contribution in [-0.4, -0.2) is 11.1 Å². The summed E-state index contributed by atoms with van der Waals surface area (Å²) in [5, 5.41) is 0. The lowest BCUT2D eigenvalue weighted by Gasteiger charge is -2.22. The van der Waals surface area contributed by atoms with E-state index < -0.39 is 0 Å². The van der Waals surface area contributed by atoms with Gasteiger partial charge in [-0.25, -0.2) is 0 Å². The summed E-state index contributed by atoms with van der Waals surface area (Å²) < 4.78 is 1.84. The Kier molecular flexibility index (Phi) is 4.94. The number of rotatable bonds is 6. The molecule has 0 aromatic carbocycles. The summed E-state index contributed by atoms with van der Waals surface area (Å²) in [5.41, 5.74) is 7.05. The first-order valence-corrected chi connectivity index (χ1v) is 6.33. The van der Waals surface area contributed by atoms with Gasteiger partial charge in [0.15, 0.2) is 0 Å². The number of hydrogen-bond donors (Lipinski definition) is 1. The number of nitrogens with zero attached hydrogens (tertiary/aromatic N) is 1. The third kappa shape index (κ3) is 4.35. The molecule has 1 aromatic rings. The average molecular weight is 236 g/mol. The topological polar surface area (TPSA) is 48.0 Å². The monoisotopic (exact) mass is 236 g/mol. The van der Waals surface area contributed by atoms with E-state index in [1.807, 2.05) is 23.6 Å². The van der Waals surface area contributed by atoms with Gasteiger partial charge < -0.3 is 10.3 Å². The molecule has 0 amide bonds. The van der Waals surface area contributed by atoms with E-state index in [2.05, 4.69) is 13.8 Å². The normalized spacial score (nSPS) is 11.8. The van der Waals surface area contributed by atoms with Crippen molar-refractivity contribution < 1.29 is 0 Å². The summed E-state index contributed by atoms with van der Waals surface area (Å²) in [4.78, 5) is 11.6. The summed E-state index contributed by atoms with van der Waals surface area (Å²) in [5.74, 6) is 0. The molecule has 0 unspecified atom stereocenters. The SMILES string of the molecule is Cc1cccc(=O)n1CCCCC(C)(C)CN. The summed E-state index contributed by atoms with van der Waals surface area (Å²) in [7, 11) is 0. The van der Waals surface area contributed by atoms with Gasteiger partial charge in [-0.2, -0.15) is 0 Å². The van der Waals surface area contributed by atoms with Gasteiger partial charge in [0, 0.05) is 18.3 Å². The predicted molar refractivity (Wildman–Crippen MR) is 72.1 cm³/mol. The molecule has 0 aliphatic heterocycles. The maximum atomic E-state index is 11.6. The van der Waals surface area contributed by atoms with Crippen molar-refractivity contribution in [2.75, 3.05) is 6.54 Å². The van der Waals surface area contributed by atoms with Crippen molar-refractivity contribution in [1.82, 2.24) is 4.57 Å². The van der Waals surface area contributed by atoms with Crippen LogP contribution in [0, 0.1) is 12.3 Å². The number of hydrogen-bond acceptors (Lipinski definition) is 2. The van der Waals surface area contributed by atoms with Gasteiger partial charge in [0.25, 0.3) is 5.56 Å². The summed E-state index contributed by atoms with van der Waals surface area (Å²) in [6.07, 6.45) is 3.27. The maximum absolute atomic E-state index is 11.6. The third-order valence-electron chi connectivity index (χ3n) is 3.31. The van der Waals surface area contributed by atoms with Crippen LogP contribution in [-0.2, 0) is 6.54 Å². The number of nitrogens with two attached hydrogens (primary N) is 1. The van der Waals surface area contributed by atoms with Crippen LogP contribution in [0.3, 0.4) is 0 Å². The first-order valence-electron chi connectivity index (χ1n) is 6.33. The molecule has 2 N–H and O–H groups in total. The zero-order valence-corrected chi connectivity index (χ0v) is 11.2. The van der Waals surface area contributed by atoms with Crippen LogP contribution >= 0.6 is 0 Å². The maximum Gasteiger partial charge on any atom is 0.250 e. The average Bonchev–Trinajstić information content (AvgIpc) is 2.27. The Bertz CT molecular complexity index is 407. The highest BCUT2D eigenvalue weighted by molar-refractivity contribution is 5.04. The van der Waals surface area contributed by atoms with Gasteiger partial charge in [0.05, 0.1) is 0 Å². The molecule has 3 nitrogen and oxygen atoms in total. The fraction of sp³-hybridized carbons (Fsp3) is 0.643. The van der Waals surface area contributed by atoms with Crippen molar-refractivity contribution in [1.29, 1.82) is 0 Å². The second-order valence-electron chi connectivity index (χ2n) is 5.48. The highest BCUT2D eigenvalue weighted by atomic mass is 16.1. The molecule has 1 heterocycles. The molecule has 0 aliphatic carbocycles. The van der Waals surface area contributed by atoms with E-state index in [-0.39, 0.29) is 11.0 Å². The molecule has 1 aromatic heterocycles. The van der Waals surface area contributed by atoms with E-state index >= 15 is 0 Å². The van der Waals surface area contributed by atoms with Gasteiger partial charge in [-0.1, -0.05) is 26.3 Å². The lowest BCUT2D eigenvalue weighted by Crippen LogP contribution is -2.24. The van der Waals surface area contributed by atoms with E-state index in [9.17, 15) is 4.79 Å². The molecule has 0 saturated heterocycles. The van der Waals surface area contributed by atoms with Crippen molar-refractivity contribution in [2.45, 2.75) is 46.6 Å². The first kappa shape index (κ1) is 14.0. The van der Waals surface area contributed by atoms with Crippen molar-refractivity contribution in [3.05, 3.63) is 34.2 Å². The van der Waals surface area contributed by atoms with Gasteiger partial charge in [0.1, 0.15) is 0 Å². The van der Waals surface area contributed by atoms with Crippen LogP contribution in [0.5, 0.6) is 0 Å². The van der Waals surface area contributed by atoms with Crippen LogP contribution in [0.4, 0.5) is 0 Å². The molecular weight excluding hydrogens is 212 g/mol. The van der Waals surface area contributed by atoms with Gasteiger partial charge in [-0.15, -0.1) is 0 Å². The Morgan fingerprint density at radius 3 is 2.59 bits per heavy atom. The molecule has 0 bridgehead atoms. The van der Waals surface area contributed by atoms with E-state index in [0.29, 0.717) is 0 Å². The van der Waals surface area contributed by atoms with Crippen molar-refractivity contribution in [3.63, 3.8) is 0 Å². The fourth-order valence-electron chi connectivity index (χ4n) is 1.89. The number of aryl methyl sites for hydroxylation is 1. The molecule has 0 radical (unpaired) electrons. The Hall–Kier alpha value is -1.09. The van der Waals surface area contributed by atoms with Crippen LogP contribution in [0.15, 0.2) is 23.0 Å². The largest absolute Gasteiger partial charge is 0.330 e. The van der Waals surface area contributed by atoms with E-state index in [1.165, 1.54) is 0 Å². The summed E-state index contributed by atoms with van der Waals surface area (Å²) >= 11 is 0. The molecule has 0 aliphatic rings. The minimum absolute atomic E-state index is 0.100. The molecular formula is C14H24N2O. The van der Waals surface area contributed by atoms with Crippen molar-refractivity contribution in [3.8, 4) is 0 Å². The molecule has 0 saturated carbocycles. The van der Waals surface area contributed by atoms with Gasteiger partial charge in [-0.05, 0) is 37.8 Å². The second kappa shape index (κ2) is 6.01. The summed E-state index contributed by atoms with van der Waals surface area (Å²) in [6, 6.07) is 5.41. The van der Waals surface area contributed by atoms with Gasteiger partial charge in [-0.3, -0.25) is 4.79 Å². The lowest BCUT2D eigenvalue weighted by molar-refractivity contribution is 0.328. The van der Waals surface area contributed by atoms with Gasteiger partial charge >= 0.3 is 0 Å². The molecule has 17 heavy (non-hydrogen) atoms. The molecule has 0 atom stereocenters. The minimum Gasteiger partial charge on any atom is -0.330 e. The Balaban J connectivity index is 2.44. The van der Waals surface area contributed by atoms with E-state index in [4.69, 9.17) is 5.73 Å². The summed E-state index contributed by atoms with van der Waals surface area (Å²) in [6.45, 7) is 7.88. The Labute approximate surface area is 104 Å². The van der Waals surface area contributed by atoms with E-state index in [1.54, 1.807) is 6.07 Å². The zero-order chi connectivity index (χ0) is 12.9. The zero-order valence-electron chi connectivity index (χ0n) is 11.2. The molecule has 1 rings (SSSR count). The van der Waals surface area contributed by atoms with E-state index in [0.717, 1.165) is 38.0 Å². The number of pyridine rings is 1. The standard InChI is InChI=1S/C14H24N2O/c1-12-7-6-8-13(17)16(12)10-5-4-9-14(2,3)11-15/h6-8H,4-5,9-11,15H2,1-3H3. The van der Waals surface area contributed by atoms with Crippen LogP contribution < -0.4 is 11.3 Å². The fourth-order valence-corrected chi connectivity index (χ4v) is 1.89. The second-order valence-corrected chi connectivity index (χ2v) is 5.48. The van der Waals surface area contributed by atoms with Crippen LogP contribution in [0.2, 0.25) is 0 Å². The molecule has 0 fully saturated rings. The Morgan fingerprint density at radius 1 is 1.29 bits per heavy atom.